The number of benzene rings is 3. The van der Waals surface area contributed by atoms with E-state index in [0.29, 0.717) is 0 Å². The molecule has 0 unspecified atom stereocenters. The van der Waals surface area contributed by atoms with Gasteiger partial charge in [0.1, 0.15) is 23.2 Å². The largest absolute Gasteiger partial charge is 0.372 e. The van der Waals surface area contributed by atoms with Crippen LogP contribution in [0.15, 0.2) is 72.8 Å². The maximum atomic E-state index is 2.42. The maximum absolute atomic E-state index is 2.42. The Hall–Kier alpha value is -2.51. The summed E-state index contributed by atoms with van der Waals surface area (Å²) in [5.74, 6) is 0. The van der Waals surface area contributed by atoms with E-state index in [1.807, 2.05) is 0 Å². The van der Waals surface area contributed by atoms with E-state index in [1.165, 1.54) is 33.0 Å². The van der Waals surface area contributed by atoms with Gasteiger partial charge in [-0.15, -0.1) is 0 Å². The van der Waals surface area contributed by atoms with Crippen LogP contribution in [0, 0.1) is 0 Å². The number of hydrogen-bond acceptors (Lipinski definition) is 3. The Morgan fingerprint density at radius 3 is 0.778 bits per heavy atom. The molecule has 3 rings (SSSR count). The lowest BCUT2D eigenvalue weighted by Gasteiger charge is -2.29. The molecule has 0 aromatic heterocycles. The van der Waals surface area contributed by atoms with Crippen LogP contribution in [0.3, 0.4) is 0 Å². The van der Waals surface area contributed by atoms with E-state index in [2.05, 4.69) is 136 Å². The molecule has 3 aromatic carbocycles. The molecular weight excluding hydrogens is 457 g/mol. The van der Waals surface area contributed by atoms with Crippen molar-refractivity contribution in [1.82, 2.24) is 0 Å². The molecule has 0 aliphatic heterocycles. The standard InChI is InChI=1S/C32H47N3P/c1-8-33(9-2)27-15-21-30(22-16-27)36(14-7,31-23-17-28(18-24-31)34(10-3)11-4)32-25-19-29(20-26-32)35(12-5)13-6/h15-26H,8-14H2,1-7H3/q+1. The summed E-state index contributed by atoms with van der Waals surface area (Å²) in [5, 5.41) is 4.39. The second-order valence-electron chi connectivity index (χ2n) is 9.19. The fourth-order valence-electron chi connectivity index (χ4n) is 5.51. The summed E-state index contributed by atoms with van der Waals surface area (Å²) in [6.07, 6.45) is 1.10. The summed E-state index contributed by atoms with van der Waals surface area (Å²) in [6.45, 7) is 22.0. The highest BCUT2D eigenvalue weighted by molar-refractivity contribution is 7.95. The SMILES string of the molecule is CCN(CC)c1ccc([P+](CC)(c2ccc(N(CC)CC)cc2)c2ccc(N(CC)CC)cc2)cc1. The van der Waals surface area contributed by atoms with Gasteiger partial charge in [0.25, 0.3) is 0 Å². The van der Waals surface area contributed by atoms with E-state index in [9.17, 15) is 0 Å². The van der Waals surface area contributed by atoms with Crippen molar-refractivity contribution < 1.29 is 0 Å². The third-order valence-electron chi connectivity index (χ3n) is 7.73. The Morgan fingerprint density at radius 2 is 0.611 bits per heavy atom. The summed E-state index contributed by atoms with van der Waals surface area (Å²) in [6, 6.07) is 28.4. The van der Waals surface area contributed by atoms with Gasteiger partial charge in [-0.05, 0) is 121 Å². The molecule has 0 spiro atoms. The van der Waals surface area contributed by atoms with E-state index in [4.69, 9.17) is 0 Å². The molecule has 0 bridgehead atoms. The normalized spacial score (nSPS) is 11.4. The first-order chi connectivity index (χ1) is 17.5. The van der Waals surface area contributed by atoms with Crippen LogP contribution in [0.1, 0.15) is 48.5 Å². The molecule has 0 amide bonds. The van der Waals surface area contributed by atoms with Crippen LogP contribution in [0.2, 0.25) is 0 Å². The first-order valence-electron chi connectivity index (χ1n) is 14.0. The fourth-order valence-corrected chi connectivity index (χ4v) is 9.48. The van der Waals surface area contributed by atoms with Crippen molar-refractivity contribution in [1.29, 1.82) is 0 Å². The molecule has 3 aromatic rings. The van der Waals surface area contributed by atoms with Gasteiger partial charge in [-0.1, -0.05) is 0 Å². The highest BCUT2D eigenvalue weighted by Gasteiger charge is 2.43. The fraction of sp³-hybridized carbons (Fsp3) is 0.438. The molecule has 0 atom stereocenters. The minimum absolute atomic E-state index is 1.03. The number of hydrogen-bond donors (Lipinski definition) is 0. The first-order valence-corrected chi connectivity index (χ1v) is 15.9. The predicted molar refractivity (Wildman–Crippen MR) is 166 cm³/mol. The average molecular weight is 505 g/mol. The molecule has 0 aliphatic carbocycles. The second-order valence-corrected chi connectivity index (χ2v) is 13.0. The Kier molecular flexibility index (Phi) is 10.3. The summed E-state index contributed by atoms with van der Waals surface area (Å²) in [5.41, 5.74) is 3.94. The van der Waals surface area contributed by atoms with E-state index in [-0.39, 0.29) is 0 Å². The number of rotatable bonds is 13. The minimum atomic E-state index is -1.79. The Labute approximate surface area is 221 Å². The predicted octanol–water partition coefficient (Wildman–Crippen LogP) is 6.54. The molecule has 4 heteroatoms. The lowest BCUT2D eigenvalue weighted by atomic mass is 10.3. The molecule has 0 saturated carbocycles. The van der Waals surface area contributed by atoms with E-state index in [0.717, 1.165) is 45.4 Å². The topological polar surface area (TPSA) is 9.72 Å². The molecule has 0 radical (unpaired) electrons. The van der Waals surface area contributed by atoms with Gasteiger partial charge in [0.05, 0.1) is 6.16 Å². The molecule has 0 fully saturated rings. The lowest BCUT2D eigenvalue weighted by Crippen LogP contribution is -2.33. The van der Waals surface area contributed by atoms with Gasteiger partial charge in [0.15, 0.2) is 0 Å². The molecule has 3 nitrogen and oxygen atoms in total. The van der Waals surface area contributed by atoms with Gasteiger partial charge in [0, 0.05) is 56.3 Å². The van der Waals surface area contributed by atoms with Gasteiger partial charge in [-0.3, -0.25) is 0 Å². The highest BCUT2D eigenvalue weighted by Crippen LogP contribution is 2.55. The highest BCUT2D eigenvalue weighted by atomic mass is 31.2. The molecule has 194 valence electrons. The lowest BCUT2D eigenvalue weighted by molar-refractivity contribution is 0.866. The van der Waals surface area contributed by atoms with Crippen molar-refractivity contribution in [2.75, 3.05) is 60.1 Å². The van der Waals surface area contributed by atoms with Gasteiger partial charge in [0.2, 0.25) is 0 Å². The van der Waals surface area contributed by atoms with Crippen LogP contribution in [-0.2, 0) is 0 Å². The third kappa shape index (κ3) is 5.57. The molecule has 0 N–H and O–H groups in total. The zero-order valence-corrected chi connectivity index (χ0v) is 24.6. The Balaban J connectivity index is 2.16. The van der Waals surface area contributed by atoms with Crippen molar-refractivity contribution in [3.8, 4) is 0 Å². The van der Waals surface area contributed by atoms with Gasteiger partial charge in [-0.25, -0.2) is 0 Å². The minimum Gasteiger partial charge on any atom is -0.372 e. The zero-order valence-electron chi connectivity index (χ0n) is 23.7. The van der Waals surface area contributed by atoms with Crippen LogP contribution >= 0.6 is 7.26 Å². The molecule has 0 saturated heterocycles. The van der Waals surface area contributed by atoms with E-state index >= 15 is 0 Å². The maximum Gasteiger partial charge on any atom is 0.111 e. The van der Waals surface area contributed by atoms with Crippen LogP contribution < -0.4 is 30.6 Å². The van der Waals surface area contributed by atoms with Gasteiger partial charge < -0.3 is 14.7 Å². The average Bonchev–Trinajstić information content (AvgIpc) is 2.94. The Bertz CT molecular complexity index is 898. The summed E-state index contributed by atoms with van der Waals surface area (Å²) < 4.78 is 0. The van der Waals surface area contributed by atoms with Crippen LogP contribution in [0.5, 0.6) is 0 Å². The van der Waals surface area contributed by atoms with Crippen molar-refractivity contribution in [2.24, 2.45) is 0 Å². The summed E-state index contributed by atoms with van der Waals surface area (Å²) in [7, 11) is -1.79. The van der Waals surface area contributed by atoms with Crippen molar-refractivity contribution >= 4 is 40.2 Å². The van der Waals surface area contributed by atoms with Crippen LogP contribution in [0.25, 0.3) is 0 Å². The summed E-state index contributed by atoms with van der Waals surface area (Å²) >= 11 is 0. The van der Waals surface area contributed by atoms with E-state index < -0.39 is 7.26 Å². The van der Waals surface area contributed by atoms with Crippen LogP contribution in [0.4, 0.5) is 17.1 Å². The smallest absolute Gasteiger partial charge is 0.111 e. The zero-order chi connectivity index (χ0) is 26.1. The second kappa shape index (κ2) is 13.2. The third-order valence-corrected chi connectivity index (χ3v) is 12.2. The quantitative estimate of drug-likeness (QED) is 0.245. The molecule has 0 aliphatic rings. The number of nitrogens with zero attached hydrogens (tertiary/aromatic N) is 3. The molecule has 0 heterocycles. The number of anilines is 3. The molecular formula is C32H47N3P+. The summed E-state index contributed by atoms with van der Waals surface area (Å²) in [4.78, 5) is 7.27. The van der Waals surface area contributed by atoms with Gasteiger partial charge >= 0.3 is 0 Å². The van der Waals surface area contributed by atoms with Crippen LogP contribution in [-0.4, -0.2) is 45.4 Å². The Morgan fingerprint density at radius 1 is 0.389 bits per heavy atom. The first kappa shape index (κ1) is 28.1. The van der Waals surface area contributed by atoms with Gasteiger partial charge in [-0.2, -0.15) is 0 Å². The van der Waals surface area contributed by atoms with Crippen molar-refractivity contribution in [3.63, 3.8) is 0 Å². The van der Waals surface area contributed by atoms with Crippen molar-refractivity contribution in [3.05, 3.63) is 72.8 Å². The molecule has 36 heavy (non-hydrogen) atoms. The van der Waals surface area contributed by atoms with E-state index in [1.54, 1.807) is 0 Å². The monoisotopic (exact) mass is 504 g/mol. The van der Waals surface area contributed by atoms with Crippen molar-refractivity contribution in [2.45, 2.75) is 48.5 Å².